The Hall–Kier alpha value is -2.91. The number of rotatable bonds is 4. The van der Waals surface area contributed by atoms with E-state index in [1.807, 2.05) is 31.2 Å². The molecule has 0 N–H and O–H groups in total. The SMILES string of the molecule is C[C@H]1Cc2ccccc2N1C(=O)CN1C(=O)COc2ccc(S(=O)(=O)N3CCCCCC3)cc21. The van der Waals surface area contributed by atoms with Gasteiger partial charge in [0.1, 0.15) is 12.3 Å². The van der Waals surface area contributed by atoms with E-state index in [2.05, 4.69) is 0 Å². The highest BCUT2D eigenvalue weighted by Gasteiger charge is 2.35. The average molecular weight is 484 g/mol. The lowest BCUT2D eigenvalue weighted by Gasteiger charge is -2.32. The van der Waals surface area contributed by atoms with Crippen molar-refractivity contribution >= 4 is 33.2 Å². The van der Waals surface area contributed by atoms with Crippen molar-refractivity contribution in [2.45, 2.75) is 50.0 Å². The first-order valence-electron chi connectivity index (χ1n) is 11.8. The molecule has 5 rings (SSSR count). The Balaban J connectivity index is 1.44. The summed E-state index contributed by atoms with van der Waals surface area (Å²) in [6, 6.07) is 12.3. The van der Waals surface area contributed by atoms with Crippen LogP contribution in [0.4, 0.5) is 11.4 Å². The number of sulfonamides is 1. The van der Waals surface area contributed by atoms with Crippen LogP contribution in [0.2, 0.25) is 0 Å². The fourth-order valence-corrected chi connectivity index (χ4v) is 6.64. The first kappa shape index (κ1) is 22.9. The maximum Gasteiger partial charge on any atom is 0.265 e. The van der Waals surface area contributed by atoms with Crippen molar-refractivity contribution in [3.05, 3.63) is 48.0 Å². The number of carbonyl (C=O) groups is 2. The third-order valence-electron chi connectivity index (χ3n) is 6.85. The second-order valence-electron chi connectivity index (χ2n) is 9.16. The van der Waals surface area contributed by atoms with Gasteiger partial charge in [0.15, 0.2) is 6.61 Å². The van der Waals surface area contributed by atoms with E-state index in [1.54, 1.807) is 11.0 Å². The molecule has 3 aliphatic rings. The predicted octanol–water partition coefficient (Wildman–Crippen LogP) is 2.95. The maximum absolute atomic E-state index is 13.4. The Morgan fingerprint density at radius 2 is 1.76 bits per heavy atom. The van der Waals surface area contributed by atoms with E-state index in [1.165, 1.54) is 21.3 Å². The highest BCUT2D eigenvalue weighted by atomic mass is 32.2. The van der Waals surface area contributed by atoms with Gasteiger partial charge in [-0.05, 0) is 56.0 Å². The number of ether oxygens (including phenoxy) is 1. The van der Waals surface area contributed by atoms with Gasteiger partial charge in [0, 0.05) is 24.8 Å². The Bertz CT molecular complexity index is 1220. The van der Waals surface area contributed by atoms with Crippen molar-refractivity contribution in [3.63, 3.8) is 0 Å². The van der Waals surface area contributed by atoms with Crippen molar-refractivity contribution < 1.29 is 22.7 Å². The highest BCUT2D eigenvalue weighted by Crippen LogP contribution is 2.37. The van der Waals surface area contributed by atoms with Crippen LogP contribution in [0.5, 0.6) is 5.75 Å². The molecule has 0 unspecified atom stereocenters. The van der Waals surface area contributed by atoms with Gasteiger partial charge in [0.05, 0.1) is 10.6 Å². The fourth-order valence-electron chi connectivity index (χ4n) is 5.10. The van der Waals surface area contributed by atoms with Crippen LogP contribution < -0.4 is 14.5 Å². The van der Waals surface area contributed by atoms with E-state index in [-0.39, 0.29) is 35.9 Å². The van der Waals surface area contributed by atoms with Crippen molar-refractivity contribution in [2.24, 2.45) is 0 Å². The number of fused-ring (bicyclic) bond motifs is 2. The molecule has 3 heterocycles. The second-order valence-corrected chi connectivity index (χ2v) is 11.1. The van der Waals surface area contributed by atoms with E-state index in [9.17, 15) is 18.0 Å². The standard InChI is InChI=1S/C25H29N3O5S/c1-18-14-19-8-4-5-9-21(19)28(18)24(29)16-27-22-15-20(10-11-23(22)33-17-25(27)30)34(31,32)26-12-6-2-3-7-13-26/h4-5,8-11,15,18H,2-3,6-7,12-14,16-17H2,1H3/t18-/m0/s1. The molecule has 2 amide bonds. The van der Waals surface area contributed by atoms with Crippen molar-refractivity contribution in [1.29, 1.82) is 0 Å². The zero-order valence-corrected chi connectivity index (χ0v) is 20.1. The first-order chi connectivity index (χ1) is 16.4. The fraction of sp³-hybridized carbons (Fsp3) is 0.440. The molecule has 0 aliphatic carbocycles. The minimum atomic E-state index is -3.71. The largest absolute Gasteiger partial charge is 0.482 e. The van der Waals surface area contributed by atoms with Crippen LogP contribution in [0.15, 0.2) is 47.4 Å². The van der Waals surface area contributed by atoms with Gasteiger partial charge < -0.3 is 9.64 Å². The summed E-state index contributed by atoms with van der Waals surface area (Å²) in [7, 11) is -3.71. The molecular weight excluding hydrogens is 454 g/mol. The first-order valence-corrected chi connectivity index (χ1v) is 13.3. The lowest BCUT2D eigenvalue weighted by molar-refractivity contribution is -0.124. The Kier molecular flexibility index (Phi) is 6.07. The van der Waals surface area contributed by atoms with Crippen LogP contribution in [0, 0.1) is 0 Å². The van der Waals surface area contributed by atoms with E-state index in [0.717, 1.165) is 43.4 Å². The van der Waals surface area contributed by atoms with Crippen LogP contribution in [0.1, 0.15) is 38.2 Å². The van der Waals surface area contributed by atoms with Gasteiger partial charge in [-0.15, -0.1) is 0 Å². The average Bonchev–Trinajstić information content (AvgIpc) is 2.98. The normalized spacial score (nSPS) is 21.0. The lowest BCUT2D eigenvalue weighted by Crippen LogP contribution is -2.48. The van der Waals surface area contributed by atoms with Crippen molar-refractivity contribution in [1.82, 2.24) is 4.31 Å². The molecule has 0 radical (unpaired) electrons. The van der Waals surface area contributed by atoms with Gasteiger partial charge in [-0.25, -0.2) is 8.42 Å². The lowest BCUT2D eigenvalue weighted by atomic mass is 10.1. The molecule has 180 valence electrons. The van der Waals surface area contributed by atoms with E-state index in [4.69, 9.17) is 4.74 Å². The summed E-state index contributed by atoms with van der Waals surface area (Å²) in [6.07, 6.45) is 4.47. The number of carbonyl (C=O) groups excluding carboxylic acids is 2. The number of benzene rings is 2. The number of hydrogen-bond acceptors (Lipinski definition) is 5. The molecule has 9 heteroatoms. The molecule has 3 aliphatic heterocycles. The number of hydrogen-bond donors (Lipinski definition) is 0. The summed E-state index contributed by atoms with van der Waals surface area (Å²) < 4.78 is 33.7. The van der Waals surface area contributed by atoms with Gasteiger partial charge in [-0.3, -0.25) is 14.5 Å². The maximum atomic E-state index is 13.4. The molecule has 1 fully saturated rings. The van der Waals surface area contributed by atoms with Gasteiger partial charge in [-0.1, -0.05) is 31.0 Å². The van der Waals surface area contributed by atoms with Crippen molar-refractivity contribution in [3.8, 4) is 5.75 Å². The molecule has 0 aromatic heterocycles. The van der Waals surface area contributed by atoms with Gasteiger partial charge in [0.25, 0.3) is 5.91 Å². The summed E-state index contributed by atoms with van der Waals surface area (Å²) in [6.45, 7) is 2.59. The number of amides is 2. The smallest absolute Gasteiger partial charge is 0.265 e. The summed E-state index contributed by atoms with van der Waals surface area (Å²) in [5.74, 6) is -0.179. The molecule has 0 spiro atoms. The zero-order chi connectivity index (χ0) is 23.9. The third-order valence-corrected chi connectivity index (χ3v) is 8.74. The minimum Gasteiger partial charge on any atom is -0.482 e. The van der Waals surface area contributed by atoms with Gasteiger partial charge >= 0.3 is 0 Å². The molecule has 1 saturated heterocycles. The molecule has 0 saturated carbocycles. The number of para-hydroxylation sites is 1. The van der Waals surface area contributed by atoms with Gasteiger partial charge in [0.2, 0.25) is 15.9 Å². The van der Waals surface area contributed by atoms with E-state index < -0.39 is 10.0 Å². The van der Waals surface area contributed by atoms with Crippen LogP contribution in [-0.2, 0) is 26.0 Å². The highest BCUT2D eigenvalue weighted by molar-refractivity contribution is 7.89. The molecule has 8 nitrogen and oxygen atoms in total. The van der Waals surface area contributed by atoms with Crippen LogP contribution >= 0.6 is 0 Å². The van der Waals surface area contributed by atoms with Gasteiger partial charge in [-0.2, -0.15) is 4.31 Å². The van der Waals surface area contributed by atoms with E-state index in [0.29, 0.717) is 24.5 Å². The molecule has 2 aromatic carbocycles. The van der Waals surface area contributed by atoms with Crippen molar-refractivity contribution in [2.75, 3.05) is 36.0 Å². The van der Waals surface area contributed by atoms with Crippen LogP contribution in [-0.4, -0.2) is 56.8 Å². The summed E-state index contributed by atoms with van der Waals surface area (Å²) in [5.41, 5.74) is 2.28. The Morgan fingerprint density at radius 3 is 2.53 bits per heavy atom. The van der Waals surface area contributed by atoms with Crippen LogP contribution in [0.25, 0.3) is 0 Å². The Morgan fingerprint density at radius 1 is 1.03 bits per heavy atom. The summed E-state index contributed by atoms with van der Waals surface area (Å²) in [4.78, 5) is 29.4. The summed E-state index contributed by atoms with van der Waals surface area (Å²) >= 11 is 0. The molecular formula is C25H29N3O5S. The minimum absolute atomic E-state index is 0.0183. The number of nitrogens with zero attached hydrogens (tertiary/aromatic N) is 3. The topological polar surface area (TPSA) is 87.2 Å². The second kappa shape index (κ2) is 9.03. The molecule has 34 heavy (non-hydrogen) atoms. The summed E-state index contributed by atoms with van der Waals surface area (Å²) in [5, 5.41) is 0. The quantitative estimate of drug-likeness (QED) is 0.667. The van der Waals surface area contributed by atoms with E-state index >= 15 is 0 Å². The Labute approximate surface area is 200 Å². The van der Waals surface area contributed by atoms with Crippen LogP contribution in [0.3, 0.4) is 0 Å². The third kappa shape index (κ3) is 4.07. The monoisotopic (exact) mass is 483 g/mol. The molecule has 0 bridgehead atoms. The molecule has 1 atom stereocenters. The number of anilines is 2. The molecule has 2 aromatic rings. The predicted molar refractivity (Wildman–Crippen MR) is 129 cm³/mol. The zero-order valence-electron chi connectivity index (χ0n) is 19.3.